The number of nitrogens with one attached hydrogen (secondary N) is 1. The van der Waals surface area contributed by atoms with E-state index in [9.17, 15) is 9.59 Å². The maximum Gasteiger partial charge on any atom is 0.247 e. The summed E-state index contributed by atoms with van der Waals surface area (Å²) in [7, 11) is 0. The Morgan fingerprint density at radius 3 is 2.43 bits per heavy atom. The fourth-order valence-corrected chi connectivity index (χ4v) is 4.31. The summed E-state index contributed by atoms with van der Waals surface area (Å²) in [5.41, 5.74) is 0. The molecule has 4 aliphatic rings. The smallest absolute Gasteiger partial charge is 0.247 e. The zero-order valence-electron chi connectivity index (χ0n) is 12.6. The Labute approximate surface area is 126 Å². The number of imide groups is 1. The summed E-state index contributed by atoms with van der Waals surface area (Å²) in [4.78, 5) is 28.9. The lowest BCUT2D eigenvalue weighted by atomic mass is 10.2. The standard InChI is InChI=1S/C16H25N3O2/c20-15-9-14(16(21)19(15)13-3-1-2-4-13)17-11-7-8-18(10-11)12-5-6-12/h11-14,17H,1-10H2. The number of carbonyl (C=O) groups excluding carboxylic acids is 2. The second-order valence-electron chi connectivity index (χ2n) is 7.18. The van der Waals surface area contributed by atoms with Crippen LogP contribution in [0.1, 0.15) is 51.4 Å². The molecule has 2 aliphatic carbocycles. The molecule has 2 saturated heterocycles. The molecule has 2 atom stereocenters. The van der Waals surface area contributed by atoms with Crippen molar-refractivity contribution < 1.29 is 9.59 Å². The van der Waals surface area contributed by atoms with Gasteiger partial charge in [-0.15, -0.1) is 0 Å². The minimum Gasteiger partial charge on any atom is -0.301 e. The van der Waals surface area contributed by atoms with Gasteiger partial charge in [0.2, 0.25) is 11.8 Å². The number of hydrogen-bond acceptors (Lipinski definition) is 4. The normalized spacial score (nSPS) is 35.3. The first-order chi connectivity index (χ1) is 10.2. The zero-order valence-corrected chi connectivity index (χ0v) is 12.6. The van der Waals surface area contributed by atoms with E-state index < -0.39 is 0 Å². The van der Waals surface area contributed by atoms with Gasteiger partial charge < -0.3 is 5.32 Å². The van der Waals surface area contributed by atoms with Crippen LogP contribution in [0.4, 0.5) is 0 Å². The summed E-state index contributed by atoms with van der Waals surface area (Å²) in [6.45, 7) is 2.19. The van der Waals surface area contributed by atoms with Crippen molar-refractivity contribution in [1.82, 2.24) is 15.1 Å². The van der Waals surface area contributed by atoms with Crippen LogP contribution < -0.4 is 5.32 Å². The van der Waals surface area contributed by atoms with Crippen LogP contribution in [0.25, 0.3) is 0 Å². The Morgan fingerprint density at radius 1 is 0.952 bits per heavy atom. The Morgan fingerprint density at radius 2 is 1.71 bits per heavy atom. The number of amides is 2. The Balaban J connectivity index is 1.35. The molecule has 2 unspecified atom stereocenters. The van der Waals surface area contributed by atoms with Crippen molar-refractivity contribution in [2.75, 3.05) is 13.1 Å². The molecule has 0 aromatic heterocycles. The van der Waals surface area contributed by atoms with Crippen molar-refractivity contribution in [2.45, 2.75) is 75.5 Å². The van der Waals surface area contributed by atoms with Crippen LogP contribution in [0.5, 0.6) is 0 Å². The maximum absolute atomic E-state index is 12.5. The summed E-state index contributed by atoms with van der Waals surface area (Å²) in [6, 6.07) is 1.11. The van der Waals surface area contributed by atoms with E-state index in [0.29, 0.717) is 12.5 Å². The highest BCUT2D eigenvalue weighted by Gasteiger charge is 2.44. The average Bonchev–Trinajstić information content (AvgIpc) is 2.87. The molecule has 116 valence electrons. The molecule has 2 saturated carbocycles. The molecule has 2 amide bonds. The van der Waals surface area contributed by atoms with E-state index in [1.807, 2.05) is 0 Å². The van der Waals surface area contributed by atoms with E-state index >= 15 is 0 Å². The van der Waals surface area contributed by atoms with Crippen molar-refractivity contribution >= 4 is 11.8 Å². The van der Waals surface area contributed by atoms with Gasteiger partial charge >= 0.3 is 0 Å². The van der Waals surface area contributed by atoms with Gasteiger partial charge in [0.15, 0.2) is 0 Å². The lowest BCUT2D eigenvalue weighted by Gasteiger charge is -2.23. The van der Waals surface area contributed by atoms with E-state index in [1.54, 1.807) is 4.90 Å². The fourth-order valence-electron chi connectivity index (χ4n) is 4.31. The van der Waals surface area contributed by atoms with Gasteiger partial charge in [0, 0.05) is 31.2 Å². The summed E-state index contributed by atoms with van der Waals surface area (Å²) < 4.78 is 0. The molecule has 5 heteroatoms. The largest absolute Gasteiger partial charge is 0.301 e. The zero-order chi connectivity index (χ0) is 14.4. The van der Waals surface area contributed by atoms with Crippen LogP contribution >= 0.6 is 0 Å². The molecule has 2 aliphatic heterocycles. The Kier molecular flexibility index (Phi) is 3.50. The number of carbonyl (C=O) groups is 2. The number of rotatable bonds is 4. The van der Waals surface area contributed by atoms with Crippen molar-refractivity contribution in [3.63, 3.8) is 0 Å². The first kappa shape index (κ1) is 13.7. The molecular weight excluding hydrogens is 266 g/mol. The average molecular weight is 291 g/mol. The molecule has 0 aromatic rings. The molecule has 5 nitrogen and oxygen atoms in total. The first-order valence-corrected chi connectivity index (χ1v) is 8.58. The first-order valence-electron chi connectivity index (χ1n) is 8.58. The lowest BCUT2D eigenvalue weighted by molar-refractivity contribution is -0.141. The maximum atomic E-state index is 12.5. The molecule has 4 rings (SSSR count). The van der Waals surface area contributed by atoms with E-state index in [0.717, 1.165) is 51.2 Å². The topological polar surface area (TPSA) is 52.7 Å². The Bertz CT molecular complexity index is 443. The van der Waals surface area contributed by atoms with Gasteiger partial charge in [-0.25, -0.2) is 0 Å². The van der Waals surface area contributed by atoms with Crippen LogP contribution in [0.3, 0.4) is 0 Å². The quantitative estimate of drug-likeness (QED) is 0.781. The van der Waals surface area contributed by atoms with Crippen LogP contribution in [-0.4, -0.2) is 58.9 Å². The Hall–Kier alpha value is -0.940. The second kappa shape index (κ2) is 5.36. The molecule has 0 aromatic carbocycles. The highest BCUT2D eigenvalue weighted by molar-refractivity contribution is 6.05. The van der Waals surface area contributed by atoms with Gasteiger partial charge in [0.05, 0.1) is 12.5 Å². The third-order valence-electron chi connectivity index (χ3n) is 5.59. The molecule has 0 radical (unpaired) electrons. The van der Waals surface area contributed by atoms with Gasteiger partial charge in [0.1, 0.15) is 0 Å². The summed E-state index contributed by atoms with van der Waals surface area (Å²) >= 11 is 0. The predicted octanol–water partition coefficient (Wildman–Crippen LogP) is 0.883. The lowest BCUT2D eigenvalue weighted by Crippen LogP contribution is -2.46. The number of likely N-dealkylation sites (tertiary alicyclic amines) is 2. The second-order valence-corrected chi connectivity index (χ2v) is 7.18. The highest BCUT2D eigenvalue weighted by atomic mass is 16.2. The van der Waals surface area contributed by atoms with Gasteiger partial charge in [0.25, 0.3) is 0 Å². The third kappa shape index (κ3) is 2.61. The molecule has 0 bridgehead atoms. The van der Waals surface area contributed by atoms with Gasteiger partial charge in [-0.2, -0.15) is 0 Å². The molecule has 4 fully saturated rings. The van der Waals surface area contributed by atoms with Gasteiger partial charge in [-0.3, -0.25) is 19.4 Å². The molecule has 21 heavy (non-hydrogen) atoms. The summed E-state index contributed by atoms with van der Waals surface area (Å²) in [6.07, 6.45) is 8.46. The van der Waals surface area contributed by atoms with Crippen molar-refractivity contribution in [3.05, 3.63) is 0 Å². The van der Waals surface area contributed by atoms with E-state index in [1.165, 1.54) is 12.8 Å². The van der Waals surface area contributed by atoms with Crippen molar-refractivity contribution in [1.29, 1.82) is 0 Å². The van der Waals surface area contributed by atoms with Crippen molar-refractivity contribution in [3.8, 4) is 0 Å². The predicted molar refractivity (Wildman–Crippen MR) is 78.6 cm³/mol. The number of nitrogens with zero attached hydrogens (tertiary/aromatic N) is 2. The minimum atomic E-state index is -0.262. The summed E-state index contributed by atoms with van der Waals surface area (Å²) in [5.74, 6) is 0.0817. The van der Waals surface area contributed by atoms with Crippen LogP contribution in [0.15, 0.2) is 0 Å². The van der Waals surface area contributed by atoms with E-state index in [2.05, 4.69) is 10.2 Å². The highest BCUT2D eigenvalue weighted by Crippen LogP contribution is 2.31. The monoisotopic (exact) mass is 291 g/mol. The van der Waals surface area contributed by atoms with Crippen molar-refractivity contribution in [2.24, 2.45) is 0 Å². The van der Waals surface area contributed by atoms with E-state index in [4.69, 9.17) is 0 Å². The molecule has 2 heterocycles. The van der Waals surface area contributed by atoms with Crippen LogP contribution in [-0.2, 0) is 9.59 Å². The van der Waals surface area contributed by atoms with Gasteiger partial charge in [-0.05, 0) is 32.1 Å². The van der Waals surface area contributed by atoms with E-state index in [-0.39, 0.29) is 23.9 Å². The molecule has 0 spiro atoms. The van der Waals surface area contributed by atoms with Gasteiger partial charge in [-0.1, -0.05) is 12.8 Å². The number of hydrogen-bond donors (Lipinski definition) is 1. The summed E-state index contributed by atoms with van der Waals surface area (Å²) in [5, 5.41) is 3.47. The fraction of sp³-hybridized carbons (Fsp3) is 0.875. The minimum absolute atomic E-state index is 0.0387. The molecule has 1 N–H and O–H groups in total. The third-order valence-corrected chi connectivity index (χ3v) is 5.59. The van der Waals surface area contributed by atoms with Crippen LogP contribution in [0.2, 0.25) is 0 Å². The van der Waals surface area contributed by atoms with Crippen LogP contribution in [0, 0.1) is 0 Å². The SMILES string of the molecule is O=C1CC(NC2CCN(C3CC3)C2)C(=O)N1C1CCCC1. The molecular formula is C16H25N3O2.